The van der Waals surface area contributed by atoms with Gasteiger partial charge in [0.1, 0.15) is 5.75 Å². The lowest BCUT2D eigenvalue weighted by Gasteiger charge is -2.13. The normalized spacial score (nSPS) is 11.2. The first-order valence-corrected chi connectivity index (χ1v) is 11.1. The van der Waals surface area contributed by atoms with Gasteiger partial charge in [-0.1, -0.05) is 35.9 Å². The van der Waals surface area contributed by atoms with Crippen LogP contribution < -0.4 is 14.8 Å². The van der Waals surface area contributed by atoms with Gasteiger partial charge >= 0.3 is 0 Å². The minimum absolute atomic E-state index is 0.0117. The van der Waals surface area contributed by atoms with Crippen molar-refractivity contribution in [3.8, 4) is 5.75 Å². The molecule has 0 atom stereocenters. The number of nitrogens with one attached hydrogen (secondary N) is 2. The standard InChI is InChI=1S/C22H21ClN2O4S/c1-15(2)29-18-8-6-7-16(13-18)24-22(26)20-12-11-17(14-21(20)23)25-30(27,28)19-9-4-3-5-10-19/h3-15,25H,1-2H3,(H,24,26). The van der Waals surface area contributed by atoms with E-state index in [4.69, 9.17) is 16.3 Å². The summed E-state index contributed by atoms with van der Waals surface area (Å²) in [4.78, 5) is 12.7. The maximum atomic E-state index is 12.6. The first-order chi connectivity index (χ1) is 14.2. The van der Waals surface area contributed by atoms with E-state index >= 15 is 0 Å². The monoisotopic (exact) mass is 444 g/mol. The van der Waals surface area contributed by atoms with E-state index in [0.29, 0.717) is 11.4 Å². The Balaban J connectivity index is 1.74. The largest absolute Gasteiger partial charge is 0.491 e. The third-order valence-electron chi connectivity index (χ3n) is 3.98. The van der Waals surface area contributed by atoms with Crippen molar-refractivity contribution in [2.24, 2.45) is 0 Å². The molecule has 0 aliphatic carbocycles. The van der Waals surface area contributed by atoms with E-state index in [9.17, 15) is 13.2 Å². The van der Waals surface area contributed by atoms with Crippen molar-refractivity contribution in [3.63, 3.8) is 0 Å². The Morgan fingerprint density at radius 3 is 2.33 bits per heavy atom. The number of sulfonamides is 1. The van der Waals surface area contributed by atoms with Gasteiger partial charge in [-0.2, -0.15) is 0 Å². The Morgan fingerprint density at radius 2 is 1.67 bits per heavy atom. The molecule has 0 saturated heterocycles. The zero-order chi connectivity index (χ0) is 21.7. The molecular formula is C22H21ClN2O4S. The van der Waals surface area contributed by atoms with Gasteiger partial charge in [0.2, 0.25) is 0 Å². The molecule has 6 nitrogen and oxygen atoms in total. The van der Waals surface area contributed by atoms with Crippen LogP contribution in [0.15, 0.2) is 77.7 Å². The molecule has 0 unspecified atom stereocenters. The number of amides is 1. The van der Waals surface area contributed by atoms with Crippen LogP contribution >= 0.6 is 11.6 Å². The van der Waals surface area contributed by atoms with Gasteiger partial charge in [0.15, 0.2) is 0 Å². The van der Waals surface area contributed by atoms with E-state index in [1.807, 2.05) is 13.8 Å². The Labute approximate surface area is 180 Å². The zero-order valence-corrected chi connectivity index (χ0v) is 18.0. The Morgan fingerprint density at radius 1 is 0.933 bits per heavy atom. The molecule has 30 heavy (non-hydrogen) atoms. The molecule has 0 aliphatic heterocycles. The summed E-state index contributed by atoms with van der Waals surface area (Å²) < 4.78 is 32.9. The summed E-state index contributed by atoms with van der Waals surface area (Å²) in [7, 11) is -3.75. The predicted molar refractivity (Wildman–Crippen MR) is 119 cm³/mol. The highest BCUT2D eigenvalue weighted by Crippen LogP contribution is 2.25. The number of carbonyl (C=O) groups is 1. The predicted octanol–water partition coefficient (Wildman–Crippen LogP) is 5.18. The molecule has 8 heteroatoms. The second-order valence-corrected chi connectivity index (χ2v) is 8.85. The average molecular weight is 445 g/mol. The van der Waals surface area contributed by atoms with Gasteiger partial charge in [0.05, 0.1) is 27.3 Å². The topological polar surface area (TPSA) is 84.5 Å². The van der Waals surface area contributed by atoms with Gasteiger partial charge in [0.25, 0.3) is 15.9 Å². The highest BCUT2D eigenvalue weighted by molar-refractivity contribution is 7.92. The first kappa shape index (κ1) is 21.7. The number of benzene rings is 3. The highest BCUT2D eigenvalue weighted by Gasteiger charge is 2.16. The van der Waals surface area contributed by atoms with E-state index in [1.54, 1.807) is 42.5 Å². The van der Waals surface area contributed by atoms with Crippen LogP contribution in [0, 0.1) is 0 Å². The van der Waals surface area contributed by atoms with Gasteiger partial charge in [0, 0.05) is 11.8 Å². The lowest BCUT2D eigenvalue weighted by molar-refractivity contribution is 0.102. The van der Waals surface area contributed by atoms with Crippen LogP contribution in [-0.4, -0.2) is 20.4 Å². The van der Waals surface area contributed by atoms with Gasteiger partial charge in [-0.05, 0) is 56.3 Å². The molecule has 0 spiro atoms. The van der Waals surface area contributed by atoms with E-state index in [0.717, 1.165) is 0 Å². The number of halogens is 1. The molecule has 0 aromatic heterocycles. The third kappa shape index (κ3) is 5.52. The van der Waals surface area contributed by atoms with Crippen LogP contribution in [0.4, 0.5) is 11.4 Å². The van der Waals surface area contributed by atoms with Crippen molar-refractivity contribution in [2.45, 2.75) is 24.8 Å². The molecule has 0 radical (unpaired) electrons. The smallest absolute Gasteiger partial charge is 0.261 e. The summed E-state index contributed by atoms with van der Waals surface area (Å²) in [5.74, 6) is 0.221. The number of hydrogen-bond acceptors (Lipinski definition) is 4. The number of carbonyl (C=O) groups excluding carboxylic acids is 1. The number of hydrogen-bond donors (Lipinski definition) is 2. The molecule has 0 aliphatic rings. The molecule has 3 rings (SSSR count). The Bertz CT molecular complexity index is 1150. The lowest BCUT2D eigenvalue weighted by Crippen LogP contribution is -2.15. The summed E-state index contributed by atoms with van der Waals surface area (Å²) in [5, 5.41) is 2.88. The van der Waals surface area contributed by atoms with Crippen LogP contribution in [0.3, 0.4) is 0 Å². The fraction of sp³-hybridized carbons (Fsp3) is 0.136. The maximum Gasteiger partial charge on any atom is 0.261 e. The van der Waals surface area contributed by atoms with Crippen molar-refractivity contribution in [1.82, 2.24) is 0 Å². The summed E-state index contributed by atoms with van der Waals surface area (Å²) in [6.45, 7) is 3.83. The van der Waals surface area contributed by atoms with Crippen LogP contribution in [0.5, 0.6) is 5.75 Å². The van der Waals surface area contributed by atoms with Gasteiger partial charge in [-0.15, -0.1) is 0 Å². The number of anilines is 2. The fourth-order valence-corrected chi connectivity index (χ4v) is 4.03. The van der Waals surface area contributed by atoms with Crippen molar-refractivity contribution in [3.05, 3.63) is 83.4 Å². The molecule has 156 valence electrons. The molecule has 0 bridgehead atoms. The summed E-state index contributed by atoms with van der Waals surface area (Å²) in [5.41, 5.74) is 1.03. The second kappa shape index (κ2) is 9.19. The first-order valence-electron chi connectivity index (χ1n) is 9.20. The van der Waals surface area contributed by atoms with Crippen LogP contribution in [-0.2, 0) is 10.0 Å². The summed E-state index contributed by atoms with van der Waals surface area (Å²) in [6, 6.07) is 19.4. The van der Waals surface area contributed by atoms with E-state index in [2.05, 4.69) is 10.0 Å². The molecule has 3 aromatic rings. The van der Waals surface area contributed by atoms with E-state index in [1.165, 1.54) is 30.3 Å². The summed E-state index contributed by atoms with van der Waals surface area (Å²) in [6.07, 6.45) is 0.0117. The Kier molecular flexibility index (Phi) is 6.64. The zero-order valence-electron chi connectivity index (χ0n) is 16.4. The van der Waals surface area contributed by atoms with Gasteiger partial charge in [-0.3, -0.25) is 9.52 Å². The quantitative estimate of drug-likeness (QED) is 0.525. The fourth-order valence-electron chi connectivity index (χ4n) is 2.69. The molecule has 2 N–H and O–H groups in total. The minimum Gasteiger partial charge on any atom is -0.491 e. The molecule has 3 aromatic carbocycles. The van der Waals surface area contributed by atoms with E-state index < -0.39 is 15.9 Å². The van der Waals surface area contributed by atoms with E-state index in [-0.39, 0.29) is 27.3 Å². The molecule has 1 amide bonds. The molecule has 0 fully saturated rings. The average Bonchev–Trinajstić information content (AvgIpc) is 2.68. The third-order valence-corrected chi connectivity index (χ3v) is 5.69. The van der Waals surface area contributed by atoms with Crippen molar-refractivity contribution in [1.29, 1.82) is 0 Å². The highest BCUT2D eigenvalue weighted by atomic mass is 35.5. The molecular weight excluding hydrogens is 424 g/mol. The second-order valence-electron chi connectivity index (χ2n) is 6.76. The number of ether oxygens (including phenoxy) is 1. The van der Waals surface area contributed by atoms with Crippen molar-refractivity contribution < 1.29 is 17.9 Å². The Hall–Kier alpha value is -3.03. The van der Waals surface area contributed by atoms with Gasteiger partial charge in [-0.25, -0.2) is 8.42 Å². The van der Waals surface area contributed by atoms with Crippen LogP contribution in [0.2, 0.25) is 5.02 Å². The number of rotatable bonds is 7. The maximum absolute atomic E-state index is 12.6. The molecule has 0 heterocycles. The summed E-state index contributed by atoms with van der Waals surface area (Å²) >= 11 is 6.25. The van der Waals surface area contributed by atoms with Crippen LogP contribution in [0.1, 0.15) is 24.2 Å². The lowest BCUT2D eigenvalue weighted by atomic mass is 10.2. The van der Waals surface area contributed by atoms with Gasteiger partial charge < -0.3 is 10.1 Å². The molecule has 0 saturated carbocycles. The minimum atomic E-state index is -3.75. The SMILES string of the molecule is CC(C)Oc1cccc(NC(=O)c2ccc(NS(=O)(=O)c3ccccc3)cc2Cl)c1. The van der Waals surface area contributed by atoms with Crippen molar-refractivity contribution >= 4 is 38.9 Å². The van der Waals surface area contributed by atoms with Crippen LogP contribution in [0.25, 0.3) is 0 Å². The van der Waals surface area contributed by atoms with Crippen molar-refractivity contribution in [2.75, 3.05) is 10.0 Å².